The van der Waals surface area contributed by atoms with Gasteiger partial charge in [0.05, 0.1) is 11.3 Å². The Bertz CT molecular complexity index is 561. The number of aryl methyl sites for hydroxylation is 1. The third-order valence-electron chi connectivity index (χ3n) is 4.65. The van der Waals surface area contributed by atoms with Crippen LogP contribution in [0.3, 0.4) is 0 Å². The van der Waals surface area contributed by atoms with Crippen molar-refractivity contribution in [2.45, 2.75) is 40.0 Å². The van der Waals surface area contributed by atoms with Crippen LogP contribution < -0.4 is 0 Å². The van der Waals surface area contributed by atoms with Gasteiger partial charge in [-0.25, -0.2) is 9.78 Å². The van der Waals surface area contributed by atoms with Gasteiger partial charge in [-0.3, -0.25) is 4.79 Å². The molecule has 0 aliphatic carbocycles. The summed E-state index contributed by atoms with van der Waals surface area (Å²) < 4.78 is 0. The Hall–Kier alpha value is -1.91. The van der Waals surface area contributed by atoms with Gasteiger partial charge in [0.15, 0.2) is 0 Å². The predicted molar refractivity (Wildman–Crippen MR) is 79.5 cm³/mol. The molecule has 0 unspecified atom stereocenters. The van der Waals surface area contributed by atoms with E-state index in [4.69, 9.17) is 5.11 Å². The number of carbonyl (C=O) groups is 2. The summed E-state index contributed by atoms with van der Waals surface area (Å²) in [6.07, 6.45) is 3.13. The Kier molecular flexibility index (Phi) is 4.30. The lowest BCUT2D eigenvalue weighted by molar-refractivity contribution is 0.0592. The van der Waals surface area contributed by atoms with Crippen LogP contribution in [0.5, 0.6) is 0 Å². The number of carbonyl (C=O) groups excluding carboxylic acids is 1. The zero-order chi connectivity index (χ0) is 15.6. The highest BCUT2D eigenvalue weighted by atomic mass is 16.4. The first-order valence-corrected chi connectivity index (χ1v) is 7.36. The summed E-state index contributed by atoms with van der Waals surface area (Å²) in [5.41, 5.74) is 1.18. The summed E-state index contributed by atoms with van der Waals surface area (Å²) >= 11 is 0. The van der Waals surface area contributed by atoms with E-state index >= 15 is 0 Å². The van der Waals surface area contributed by atoms with E-state index in [9.17, 15) is 9.59 Å². The molecule has 1 aromatic heterocycles. The van der Waals surface area contributed by atoms with Crippen LogP contribution in [0.2, 0.25) is 0 Å². The van der Waals surface area contributed by atoms with Crippen molar-refractivity contribution in [3.63, 3.8) is 0 Å². The average Bonchev–Trinajstić information content (AvgIpc) is 2.47. The summed E-state index contributed by atoms with van der Waals surface area (Å²) in [5.74, 6) is -1.12. The first-order valence-electron chi connectivity index (χ1n) is 7.36. The van der Waals surface area contributed by atoms with E-state index in [-0.39, 0.29) is 11.5 Å². The smallest absolute Gasteiger partial charge is 0.337 e. The van der Waals surface area contributed by atoms with Crippen LogP contribution in [0.25, 0.3) is 0 Å². The second-order valence-electron chi connectivity index (χ2n) is 6.09. The molecule has 0 atom stereocenters. The number of hydrogen-bond acceptors (Lipinski definition) is 3. The van der Waals surface area contributed by atoms with Crippen molar-refractivity contribution < 1.29 is 14.7 Å². The summed E-state index contributed by atoms with van der Waals surface area (Å²) in [4.78, 5) is 29.4. The number of nitrogens with zero attached hydrogens (tertiary/aromatic N) is 2. The molecule has 0 bridgehead atoms. The van der Waals surface area contributed by atoms with Crippen molar-refractivity contribution in [3.8, 4) is 0 Å². The van der Waals surface area contributed by atoms with Crippen molar-refractivity contribution in [3.05, 3.63) is 29.1 Å². The molecule has 2 heterocycles. The third kappa shape index (κ3) is 3.23. The lowest BCUT2D eigenvalue weighted by atomic mass is 9.78. The molecule has 1 aliphatic heterocycles. The maximum atomic E-state index is 12.4. The molecular formula is C16H22N2O3. The maximum absolute atomic E-state index is 12.4. The highest BCUT2D eigenvalue weighted by Crippen LogP contribution is 2.34. The SMILES string of the molecule is CCC1(C)CCN(C(=O)c2ccc(C(=O)O)c(C)n2)CC1. The fourth-order valence-electron chi connectivity index (χ4n) is 2.67. The molecule has 0 spiro atoms. The quantitative estimate of drug-likeness (QED) is 0.929. The number of piperidine rings is 1. The summed E-state index contributed by atoms with van der Waals surface area (Å²) in [6.45, 7) is 7.55. The van der Waals surface area contributed by atoms with Gasteiger partial charge in [0.25, 0.3) is 5.91 Å². The number of hydrogen-bond donors (Lipinski definition) is 1. The molecule has 2 rings (SSSR count). The van der Waals surface area contributed by atoms with E-state index in [2.05, 4.69) is 18.8 Å². The molecule has 21 heavy (non-hydrogen) atoms. The van der Waals surface area contributed by atoms with Gasteiger partial charge < -0.3 is 10.0 Å². The van der Waals surface area contributed by atoms with Gasteiger partial charge in [-0.2, -0.15) is 0 Å². The van der Waals surface area contributed by atoms with Crippen LogP contribution in [-0.4, -0.2) is 40.0 Å². The van der Waals surface area contributed by atoms with Gasteiger partial charge in [-0.05, 0) is 37.3 Å². The van der Waals surface area contributed by atoms with E-state index < -0.39 is 5.97 Å². The number of amides is 1. The lowest BCUT2D eigenvalue weighted by Gasteiger charge is -2.38. The van der Waals surface area contributed by atoms with Crippen LogP contribution in [-0.2, 0) is 0 Å². The molecule has 1 saturated heterocycles. The average molecular weight is 290 g/mol. The monoisotopic (exact) mass is 290 g/mol. The number of carboxylic acids is 1. The van der Waals surface area contributed by atoms with E-state index in [1.54, 1.807) is 6.92 Å². The van der Waals surface area contributed by atoms with Gasteiger partial charge >= 0.3 is 5.97 Å². The number of aromatic carboxylic acids is 1. The predicted octanol–water partition coefficient (Wildman–Crippen LogP) is 2.74. The minimum absolute atomic E-state index is 0.104. The van der Waals surface area contributed by atoms with Crippen molar-refractivity contribution in [1.29, 1.82) is 0 Å². The van der Waals surface area contributed by atoms with E-state index in [0.717, 1.165) is 32.4 Å². The highest BCUT2D eigenvalue weighted by molar-refractivity contribution is 5.94. The highest BCUT2D eigenvalue weighted by Gasteiger charge is 2.31. The Morgan fingerprint density at radius 2 is 1.95 bits per heavy atom. The summed E-state index contributed by atoms with van der Waals surface area (Å²) in [5, 5.41) is 8.99. The Morgan fingerprint density at radius 1 is 1.33 bits per heavy atom. The number of rotatable bonds is 3. The fraction of sp³-hybridized carbons (Fsp3) is 0.562. The number of likely N-dealkylation sites (tertiary alicyclic amines) is 1. The Morgan fingerprint density at radius 3 is 2.43 bits per heavy atom. The zero-order valence-electron chi connectivity index (χ0n) is 12.8. The van der Waals surface area contributed by atoms with Crippen molar-refractivity contribution in [2.24, 2.45) is 5.41 Å². The molecule has 1 aromatic rings. The van der Waals surface area contributed by atoms with Gasteiger partial charge in [0, 0.05) is 13.1 Å². The number of aromatic nitrogens is 1. The second kappa shape index (κ2) is 5.84. The Labute approximate surface area is 125 Å². The first-order chi connectivity index (χ1) is 9.86. The largest absolute Gasteiger partial charge is 0.478 e. The minimum Gasteiger partial charge on any atom is -0.478 e. The van der Waals surface area contributed by atoms with Gasteiger partial charge in [0.1, 0.15) is 5.69 Å². The molecule has 5 nitrogen and oxygen atoms in total. The minimum atomic E-state index is -1.02. The molecular weight excluding hydrogens is 268 g/mol. The van der Waals surface area contributed by atoms with E-state index in [1.807, 2.05) is 4.90 Å². The standard InChI is InChI=1S/C16H22N2O3/c1-4-16(3)7-9-18(10-8-16)14(19)13-6-5-12(15(20)21)11(2)17-13/h5-6H,4,7-10H2,1-3H3,(H,20,21). The normalized spacial score (nSPS) is 17.6. The summed E-state index contributed by atoms with van der Waals surface area (Å²) in [6, 6.07) is 2.96. The van der Waals surface area contributed by atoms with Gasteiger partial charge in [-0.1, -0.05) is 20.3 Å². The van der Waals surface area contributed by atoms with Crippen LogP contribution in [0.4, 0.5) is 0 Å². The molecule has 1 N–H and O–H groups in total. The molecule has 1 amide bonds. The van der Waals surface area contributed by atoms with Crippen molar-refractivity contribution >= 4 is 11.9 Å². The molecule has 0 saturated carbocycles. The van der Waals surface area contributed by atoms with Crippen LogP contribution >= 0.6 is 0 Å². The molecule has 0 radical (unpaired) electrons. The summed E-state index contributed by atoms with van der Waals surface area (Å²) in [7, 11) is 0. The maximum Gasteiger partial charge on any atom is 0.337 e. The van der Waals surface area contributed by atoms with E-state index in [1.165, 1.54) is 12.1 Å². The molecule has 5 heteroatoms. The zero-order valence-corrected chi connectivity index (χ0v) is 12.8. The Balaban J connectivity index is 2.11. The second-order valence-corrected chi connectivity index (χ2v) is 6.09. The third-order valence-corrected chi connectivity index (χ3v) is 4.65. The van der Waals surface area contributed by atoms with Crippen molar-refractivity contribution in [1.82, 2.24) is 9.88 Å². The first kappa shape index (κ1) is 15.5. The van der Waals surface area contributed by atoms with Gasteiger partial charge in [-0.15, -0.1) is 0 Å². The topological polar surface area (TPSA) is 70.5 Å². The van der Waals surface area contributed by atoms with Crippen LogP contribution in [0.15, 0.2) is 12.1 Å². The van der Waals surface area contributed by atoms with Gasteiger partial charge in [0.2, 0.25) is 0 Å². The molecule has 114 valence electrons. The fourth-order valence-corrected chi connectivity index (χ4v) is 2.67. The molecule has 1 fully saturated rings. The number of carboxylic acid groups (broad SMARTS) is 1. The van der Waals surface area contributed by atoms with Crippen LogP contribution in [0, 0.1) is 12.3 Å². The van der Waals surface area contributed by atoms with Crippen LogP contribution in [0.1, 0.15) is 59.7 Å². The van der Waals surface area contributed by atoms with Crippen molar-refractivity contribution in [2.75, 3.05) is 13.1 Å². The number of pyridine rings is 1. The van der Waals surface area contributed by atoms with E-state index in [0.29, 0.717) is 16.8 Å². The lowest BCUT2D eigenvalue weighted by Crippen LogP contribution is -2.42. The molecule has 0 aromatic carbocycles. The molecule has 1 aliphatic rings.